The fourth-order valence-corrected chi connectivity index (χ4v) is 2.87. The van der Waals surface area contributed by atoms with Gasteiger partial charge in [0, 0.05) is 12.2 Å². The van der Waals surface area contributed by atoms with Gasteiger partial charge in [0.25, 0.3) is 0 Å². The van der Waals surface area contributed by atoms with Crippen molar-refractivity contribution in [3.05, 3.63) is 29.8 Å². The van der Waals surface area contributed by atoms with Crippen LogP contribution in [-0.4, -0.2) is 29.6 Å². The number of hydrogen-bond donors (Lipinski definition) is 3. The van der Waals surface area contributed by atoms with Gasteiger partial charge in [-0.2, -0.15) is 0 Å². The van der Waals surface area contributed by atoms with Gasteiger partial charge >= 0.3 is 11.8 Å². The molecule has 1 aromatic carbocycles. The second kappa shape index (κ2) is 7.94. The molecule has 0 aliphatic heterocycles. The third kappa shape index (κ3) is 4.84. The minimum atomic E-state index is -0.712. The lowest BCUT2D eigenvalue weighted by atomic mass is 9.85. The Labute approximate surface area is 131 Å². The van der Waals surface area contributed by atoms with Crippen molar-refractivity contribution in [3.8, 4) is 0 Å². The highest BCUT2D eigenvalue weighted by atomic mass is 16.3. The van der Waals surface area contributed by atoms with Gasteiger partial charge in [0.2, 0.25) is 0 Å². The molecule has 1 saturated carbocycles. The van der Waals surface area contributed by atoms with Crippen LogP contribution in [0.2, 0.25) is 0 Å². The van der Waals surface area contributed by atoms with Gasteiger partial charge < -0.3 is 15.7 Å². The summed E-state index contributed by atoms with van der Waals surface area (Å²) in [6.45, 7) is 2.04. The average Bonchev–Trinajstić information content (AvgIpc) is 2.53. The summed E-state index contributed by atoms with van der Waals surface area (Å²) in [5.41, 5.74) is 1.60. The van der Waals surface area contributed by atoms with Gasteiger partial charge in [-0.1, -0.05) is 31.4 Å². The van der Waals surface area contributed by atoms with Crippen molar-refractivity contribution in [1.82, 2.24) is 5.32 Å². The fourth-order valence-electron chi connectivity index (χ4n) is 2.87. The molecule has 0 saturated heterocycles. The van der Waals surface area contributed by atoms with E-state index < -0.39 is 17.9 Å². The molecule has 1 unspecified atom stereocenters. The number of rotatable bonds is 4. The van der Waals surface area contributed by atoms with Crippen LogP contribution in [-0.2, 0) is 9.59 Å². The number of amides is 2. The van der Waals surface area contributed by atoms with Crippen LogP contribution in [0, 0.1) is 12.8 Å². The summed E-state index contributed by atoms with van der Waals surface area (Å²) in [4.78, 5) is 23.6. The van der Waals surface area contributed by atoms with Crippen molar-refractivity contribution in [2.75, 3.05) is 11.9 Å². The van der Waals surface area contributed by atoms with E-state index in [9.17, 15) is 14.7 Å². The van der Waals surface area contributed by atoms with Gasteiger partial charge in [0.1, 0.15) is 0 Å². The quantitative estimate of drug-likeness (QED) is 0.744. The Morgan fingerprint density at radius 1 is 1.23 bits per heavy atom. The first-order valence-corrected chi connectivity index (χ1v) is 7.90. The molecule has 0 bridgehead atoms. The second-order valence-corrected chi connectivity index (χ2v) is 6.00. The number of aryl methyl sites for hydroxylation is 1. The Morgan fingerprint density at radius 3 is 2.64 bits per heavy atom. The first-order valence-electron chi connectivity index (χ1n) is 7.90. The Hall–Kier alpha value is -1.88. The molecule has 3 N–H and O–H groups in total. The standard InChI is InChI=1S/C17H24N2O3/c1-12-6-5-9-14(10-12)19-17(22)16(21)18-11-15(20)13-7-3-2-4-8-13/h5-6,9-10,13,15,20H,2-4,7-8,11H2,1H3,(H,18,21)(H,19,22). The van der Waals surface area contributed by atoms with Gasteiger partial charge in [-0.25, -0.2) is 0 Å². The topological polar surface area (TPSA) is 78.4 Å². The second-order valence-electron chi connectivity index (χ2n) is 6.00. The largest absolute Gasteiger partial charge is 0.391 e. The van der Waals surface area contributed by atoms with E-state index in [2.05, 4.69) is 10.6 Å². The van der Waals surface area contributed by atoms with Crippen LogP contribution < -0.4 is 10.6 Å². The van der Waals surface area contributed by atoms with Crippen molar-refractivity contribution in [3.63, 3.8) is 0 Å². The minimum absolute atomic E-state index is 0.130. The summed E-state index contributed by atoms with van der Waals surface area (Å²) in [6, 6.07) is 7.25. The molecular formula is C17H24N2O3. The maximum Gasteiger partial charge on any atom is 0.313 e. The van der Waals surface area contributed by atoms with E-state index in [1.165, 1.54) is 6.42 Å². The van der Waals surface area contributed by atoms with E-state index in [1.54, 1.807) is 12.1 Å². The number of aliphatic hydroxyl groups is 1. The summed E-state index contributed by atoms with van der Waals surface area (Å²) in [5, 5.41) is 15.2. The van der Waals surface area contributed by atoms with E-state index in [-0.39, 0.29) is 12.5 Å². The number of carbonyl (C=O) groups is 2. The zero-order valence-corrected chi connectivity index (χ0v) is 13.0. The van der Waals surface area contributed by atoms with Crippen molar-refractivity contribution >= 4 is 17.5 Å². The maximum absolute atomic E-state index is 11.8. The maximum atomic E-state index is 11.8. The van der Waals surface area contributed by atoms with Crippen LogP contribution in [0.5, 0.6) is 0 Å². The van der Waals surface area contributed by atoms with Crippen molar-refractivity contribution in [2.24, 2.45) is 5.92 Å². The molecule has 5 heteroatoms. The third-order valence-electron chi connectivity index (χ3n) is 4.15. The number of aliphatic hydroxyl groups excluding tert-OH is 1. The van der Waals surface area contributed by atoms with E-state index >= 15 is 0 Å². The van der Waals surface area contributed by atoms with E-state index in [1.807, 2.05) is 19.1 Å². The normalized spacial score (nSPS) is 16.8. The first kappa shape index (κ1) is 16.5. The van der Waals surface area contributed by atoms with Crippen molar-refractivity contribution < 1.29 is 14.7 Å². The average molecular weight is 304 g/mol. The van der Waals surface area contributed by atoms with Crippen LogP contribution in [0.1, 0.15) is 37.7 Å². The Balaban J connectivity index is 1.77. The Bertz CT molecular complexity index is 524. The molecule has 1 aliphatic rings. The number of benzene rings is 1. The van der Waals surface area contributed by atoms with Gasteiger partial charge in [-0.3, -0.25) is 9.59 Å². The van der Waals surface area contributed by atoms with Gasteiger partial charge in [-0.15, -0.1) is 0 Å². The summed E-state index contributed by atoms with van der Waals surface area (Å²) < 4.78 is 0. The molecule has 0 heterocycles. The summed E-state index contributed by atoms with van der Waals surface area (Å²) in [7, 11) is 0. The zero-order valence-electron chi connectivity index (χ0n) is 13.0. The minimum Gasteiger partial charge on any atom is -0.391 e. The molecule has 0 spiro atoms. The molecule has 0 aromatic heterocycles. The Morgan fingerprint density at radius 2 is 1.95 bits per heavy atom. The lowest BCUT2D eigenvalue weighted by molar-refractivity contribution is -0.136. The first-order chi connectivity index (χ1) is 10.6. The molecule has 1 fully saturated rings. The highest BCUT2D eigenvalue weighted by molar-refractivity contribution is 6.39. The Kier molecular flexibility index (Phi) is 5.95. The van der Waals surface area contributed by atoms with Gasteiger partial charge in [0.15, 0.2) is 0 Å². The molecule has 1 atom stereocenters. The number of hydrogen-bond acceptors (Lipinski definition) is 3. The van der Waals surface area contributed by atoms with E-state index in [4.69, 9.17) is 0 Å². The molecule has 120 valence electrons. The number of carbonyl (C=O) groups excluding carboxylic acids is 2. The fraction of sp³-hybridized carbons (Fsp3) is 0.529. The van der Waals surface area contributed by atoms with E-state index in [0.717, 1.165) is 31.2 Å². The third-order valence-corrected chi connectivity index (χ3v) is 4.15. The number of nitrogens with one attached hydrogen (secondary N) is 2. The number of anilines is 1. The smallest absolute Gasteiger partial charge is 0.313 e. The molecule has 22 heavy (non-hydrogen) atoms. The van der Waals surface area contributed by atoms with Crippen molar-refractivity contribution in [2.45, 2.75) is 45.1 Å². The van der Waals surface area contributed by atoms with Gasteiger partial charge in [0.05, 0.1) is 6.10 Å². The molecule has 2 amide bonds. The lowest BCUT2D eigenvalue weighted by Gasteiger charge is -2.26. The highest BCUT2D eigenvalue weighted by Crippen LogP contribution is 2.26. The monoisotopic (exact) mass is 304 g/mol. The SMILES string of the molecule is Cc1cccc(NC(=O)C(=O)NCC(O)C2CCCCC2)c1. The van der Waals surface area contributed by atoms with Crippen LogP contribution in [0.25, 0.3) is 0 Å². The van der Waals surface area contributed by atoms with Crippen LogP contribution in [0.3, 0.4) is 0 Å². The molecule has 0 radical (unpaired) electrons. The molecule has 2 rings (SSSR count). The van der Waals surface area contributed by atoms with Crippen LogP contribution >= 0.6 is 0 Å². The zero-order chi connectivity index (χ0) is 15.9. The summed E-state index contributed by atoms with van der Waals surface area (Å²) in [5.74, 6) is -1.19. The predicted octanol–water partition coefficient (Wildman–Crippen LogP) is 1.99. The summed E-state index contributed by atoms with van der Waals surface area (Å²) >= 11 is 0. The molecular weight excluding hydrogens is 280 g/mol. The molecule has 1 aromatic rings. The summed E-state index contributed by atoms with van der Waals surface area (Å²) in [6.07, 6.45) is 4.89. The van der Waals surface area contributed by atoms with Crippen LogP contribution in [0.4, 0.5) is 5.69 Å². The van der Waals surface area contributed by atoms with Crippen molar-refractivity contribution in [1.29, 1.82) is 0 Å². The predicted molar refractivity (Wildman–Crippen MR) is 85.4 cm³/mol. The van der Waals surface area contributed by atoms with E-state index in [0.29, 0.717) is 5.69 Å². The molecule has 5 nitrogen and oxygen atoms in total. The lowest BCUT2D eigenvalue weighted by Crippen LogP contribution is -2.42. The molecule has 1 aliphatic carbocycles. The van der Waals surface area contributed by atoms with Crippen LogP contribution in [0.15, 0.2) is 24.3 Å². The highest BCUT2D eigenvalue weighted by Gasteiger charge is 2.23. The van der Waals surface area contributed by atoms with Gasteiger partial charge in [-0.05, 0) is 43.4 Å².